The van der Waals surface area contributed by atoms with Crippen molar-refractivity contribution < 1.29 is 0 Å². The molecule has 0 saturated carbocycles. The van der Waals surface area contributed by atoms with Crippen molar-refractivity contribution in [3.05, 3.63) is 50.0 Å². The topological polar surface area (TPSA) is 28.5 Å². The molecule has 0 unspecified atom stereocenters. The minimum absolute atomic E-state index is 0.148. The maximum Gasteiger partial charge on any atom is 0.307 e. The lowest BCUT2D eigenvalue weighted by Gasteiger charge is -2.36. The van der Waals surface area contributed by atoms with Gasteiger partial charge in [0.25, 0.3) is 0 Å². The Bertz CT molecular complexity index is 689. The molecule has 0 N–H and O–H groups in total. The molecule has 22 heavy (non-hydrogen) atoms. The Kier molecular flexibility index (Phi) is 4.86. The monoisotopic (exact) mass is 337 g/mol. The van der Waals surface area contributed by atoms with E-state index in [1.54, 1.807) is 0 Å². The number of anilines is 1. The molecule has 1 fully saturated rings. The maximum atomic E-state index is 11.7. The number of benzene rings is 1. The van der Waals surface area contributed by atoms with E-state index in [1.165, 1.54) is 17.0 Å². The van der Waals surface area contributed by atoms with Crippen molar-refractivity contribution in [3.8, 4) is 0 Å². The van der Waals surface area contributed by atoms with Crippen LogP contribution in [0.1, 0.15) is 5.69 Å². The smallest absolute Gasteiger partial charge is 0.307 e. The van der Waals surface area contributed by atoms with Gasteiger partial charge in [0.1, 0.15) is 0 Å². The van der Waals surface area contributed by atoms with Gasteiger partial charge in [-0.05, 0) is 25.1 Å². The molecule has 0 spiro atoms. The van der Waals surface area contributed by atoms with Crippen LogP contribution in [0.4, 0.5) is 5.69 Å². The summed E-state index contributed by atoms with van der Waals surface area (Å²) in [5.41, 5.74) is 2.25. The Labute approximate surface area is 139 Å². The minimum atomic E-state index is 0.148. The Balaban J connectivity index is 1.53. The summed E-state index contributed by atoms with van der Waals surface area (Å²) >= 11 is 7.35. The number of piperazine rings is 1. The minimum Gasteiger partial charge on any atom is -0.369 e. The second kappa shape index (κ2) is 6.86. The van der Waals surface area contributed by atoms with Gasteiger partial charge in [-0.2, -0.15) is 0 Å². The summed E-state index contributed by atoms with van der Waals surface area (Å²) in [5.74, 6) is 0. The molecule has 1 aliphatic heterocycles. The molecule has 0 aliphatic carbocycles. The molecular formula is C16H20ClN3OS. The van der Waals surface area contributed by atoms with Gasteiger partial charge < -0.3 is 9.47 Å². The lowest BCUT2D eigenvalue weighted by Crippen LogP contribution is -2.47. The fourth-order valence-electron chi connectivity index (χ4n) is 2.82. The molecule has 118 valence electrons. The normalized spacial score (nSPS) is 16.2. The molecule has 1 aromatic carbocycles. The Hall–Kier alpha value is -1.30. The molecule has 1 aromatic heterocycles. The number of halogens is 1. The SMILES string of the molecule is Cc1csc(=O)n1CCN1CCN(c2cccc(Cl)c2)CC1. The van der Waals surface area contributed by atoms with Crippen LogP contribution in [0.3, 0.4) is 0 Å². The largest absolute Gasteiger partial charge is 0.369 e. The number of hydrogen-bond acceptors (Lipinski definition) is 4. The van der Waals surface area contributed by atoms with Crippen LogP contribution in [0, 0.1) is 6.92 Å². The van der Waals surface area contributed by atoms with E-state index in [0.717, 1.165) is 50.0 Å². The predicted molar refractivity (Wildman–Crippen MR) is 93.4 cm³/mol. The summed E-state index contributed by atoms with van der Waals surface area (Å²) in [6, 6.07) is 8.03. The Morgan fingerprint density at radius 1 is 1.18 bits per heavy atom. The Morgan fingerprint density at radius 3 is 2.59 bits per heavy atom. The number of aromatic nitrogens is 1. The van der Waals surface area contributed by atoms with Crippen LogP contribution < -0.4 is 9.77 Å². The summed E-state index contributed by atoms with van der Waals surface area (Å²) in [4.78, 5) is 16.7. The predicted octanol–water partition coefficient (Wildman–Crippen LogP) is 2.69. The second-order valence-electron chi connectivity index (χ2n) is 5.60. The molecule has 3 rings (SSSR count). The molecule has 2 heterocycles. The number of nitrogens with zero attached hydrogens (tertiary/aromatic N) is 3. The molecule has 2 aromatic rings. The van der Waals surface area contributed by atoms with Crippen LogP contribution in [0.15, 0.2) is 34.4 Å². The average Bonchev–Trinajstić information content (AvgIpc) is 2.84. The van der Waals surface area contributed by atoms with E-state index in [9.17, 15) is 4.79 Å². The van der Waals surface area contributed by atoms with E-state index >= 15 is 0 Å². The van der Waals surface area contributed by atoms with Crippen molar-refractivity contribution in [1.82, 2.24) is 9.47 Å². The number of aryl methyl sites for hydroxylation is 1. The van der Waals surface area contributed by atoms with Gasteiger partial charge in [0.05, 0.1) is 0 Å². The number of thiazole rings is 1. The van der Waals surface area contributed by atoms with Gasteiger partial charge in [0, 0.05) is 61.1 Å². The maximum absolute atomic E-state index is 11.7. The van der Waals surface area contributed by atoms with E-state index in [1.807, 2.05) is 35.1 Å². The summed E-state index contributed by atoms with van der Waals surface area (Å²) in [5, 5.41) is 2.71. The first-order chi connectivity index (χ1) is 10.6. The molecule has 6 heteroatoms. The number of hydrogen-bond donors (Lipinski definition) is 0. The van der Waals surface area contributed by atoms with Crippen LogP contribution >= 0.6 is 22.9 Å². The van der Waals surface area contributed by atoms with Gasteiger partial charge in [-0.1, -0.05) is 29.0 Å². The summed E-state index contributed by atoms with van der Waals surface area (Å²) < 4.78 is 1.87. The molecule has 0 amide bonds. The fraction of sp³-hybridized carbons (Fsp3) is 0.438. The fourth-order valence-corrected chi connectivity index (χ4v) is 3.76. The van der Waals surface area contributed by atoms with Crippen molar-refractivity contribution in [2.24, 2.45) is 0 Å². The molecule has 1 saturated heterocycles. The first-order valence-corrected chi connectivity index (χ1v) is 8.77. The van der Waals surface area contributed by atoms with Crippen molar-refractivity contribution in [1.29, 1.82) is 0 Å². The molecule has 4 nitrogen and oxygen atoms in total. The molecule has 0 atom stereocenters. The summed E-state index contributed by atoms with van der Waals surface area (Å²) in [6.45, 7) is 7.74. The summed E-state index contributed by atoms with van der Waals surface area (Å²) in [7, 11) is 0. The summed E-state index contributed by atoms with van der Waals surface area (Å²) in [6.07, 6.45) is 0. The van der Waals surface area contributed by atoms with Crippen LogP contribution in [0.25, 0.3) is 0 Å². The lowest BCUT2D eigenvalue weighted by atomic mass is 10.2. The van der Waals surface area contributed by atoms with Gasteiger partial charge in [0.15, 0.2) is 0 Å². The highest BCUT2D eigenvalue weighted by Gasteiger charge is 2.17. The molecule has 0 radical (unpaired) electrons. The van der Waals surface area contributed by atoms with E-state index in [2.05, 4.69) is 15.9 Å². The first-order valence-electron chi connectivity index (χ1n) is 7.51. The second-order valence-corrected chi connectivity index (χ2v) is 6.86. The highest BCUT2D eigenvalue weighted by molar-refractivity contribution is 7.07. The van der Waals surface area contributed by atoms with Gasteiger partial charge in [0.2, 0.25) is 0 Å². The van der Waals surface area contributed by atoms with Crippen molar-refractivity contribution in [3.63, 3.8) is 0 Å². The van der Waals surface area contributed by atoms with Gasteiger partial charge in [-0.25, -0.2) is 0 Å². The lowest BCUT2D eigenvalue weighted by molar-refractivity contribution is 0.247. The van der Waals surface area contributed by atoms with Gasteiger partial charge in [-0.3, -0.25) is 9.69 Å². The zero-order chi connectivity index (χ0) is 15.5. The van der Waals surface area contributed by atoms with Crippen LogP contribution in [0.2, 0.25) is 5.02 Å². The molecule has 1 aliphatic rings. The van der Waals surface area contributed by atoms with Gasteiger partial charge >= 0.3 is 4.87 Å². The third-order valence-electron chi connectivity index (χ3n) is 4.16. The molecule has 0 bridgehead atoms. The average molecular weight is 338 g/mol. The van der Waals surface area contributed by atoms with Crippen LogP contribution in [-0.4, -0.2) is 42.2 Å². The zero-order valence-electron chi connectivity index (χ0n) is 12.7. The van der Waals surface area contributed by atoms with Crippen molar-refractivity contribution in [2.75, 3.05) is 37.6 Å². The van der Waals surface area contributed by atoms with Crippen molar-refractivity contribution >= 4 is 28.6 Å². The van der Waals surface area contributed by atoms with E-state index in [-0.39, 0.29) is 4.87 Å². The third kappa shape index (κ3) is 3.54. The van der Waals surface area contributed by atoms with Crippen LogP contribution in [-0.2, 0) is 6.54 Å². The van der Waals surface area contributed by atoms with E-state index in [0.29, 0.717) is 0 Å². The highest BCUT2D eigenvalue weighted by atomic mass is 35.5. The highest BCUT2D eigenvalue weighted by Crippen LogP contribution is 2.20. The quantitative estimate of drug-likeness (QED) is 0.858. The van der Waals surface area contributed by atoms with Crippen molar-refractivity contribution in [2.45, 2.75) is 13.5 Å². The van der Waals surface area contributed by atoms with Gasteiger partial charge in [-0.15, -0.1) is 0 Å². The number of rotatable bonds is 4. The van der Waals surface area contributed by atoms with Crippen LogP contribution in [0.5, 0.6) is 0 Å². The first kappa shape index (κ1) is 15.6. The standard InChI is InChI=1S/C16H20ClN3OS/c1-13-12-22-16(21)20(13)10-7-18-5-8-19(9-6-18)15-4-2-3-14(17)11-15/h2-4,11-12H,5-10H2,1H3. The molecular weight excluding hydrogens is 318 g/mol. The zero-order valence-corrected chi connectivity index (χ0v) is 14.2. The van der Waals surface area contributed by atoms with E-state index in [4.69, 9.17) is 11.6 Å². The Morgan fingerprint density at radius 2 is 1.95 bits per heavy atom. The van der Waals surface area contributed by atoms with E-state index < -0.39 is 0 Å². The third-order valence-corrected chi connectivity index (χ3v) is 5.28.